The second-order valence-electron chi connectivity index (χ2n) is 7.78. The van der Waals surface area contributed by atoms with E-state index in [1.54, 1.807) is 25.7 Å². The molecule has 0 saturated heterocycles. The number of hydrogen-bond donors (Lipinski definition) is 0. The number of rotatable bonds is 12. The van der Waals surface area contributed by atoms with Gasteiger partial charge < -0.3 is 61.0 Å². The van der Waals surface area contributed by atoms with Crippen LogP contribution in [0.15, 0.2) is 121 Å². The van der Waals surface area contributed by atoms with Crippen LogP contribution < -0.4 is 0 Å². The second-order valence-corrected chi connectivity index (χ2v) is 7.78. The van der Waals surface area contributed by atoms with E-state index in [9.17, 15) is 9.59 Å². The van der Waals surface area contributed by atoms with Crippen LogP contribution in [0.4, 0.5) is 0 Å². The van der Waals surface area contributed by atoms with Gasteiger partial charge in [-0.15, -0.1) is 48.5 Å². The molecule has 37 heavy (non-hydrogen) atoms. The zero-order chi connectivity index (χ0) is 25.3. The van der Waals surface area contributed by atoms with E-state index in [0.717, 1.165) is 22.3 Å². The van der Waals surface area contributed by atoms with Crippen molar-refractivity contribution in [2.45, 2.75) is 0 Å². The third-order valence-electron chi connectivity index (χ3n) is 4.96. The van der Waals surface area contributed by atoms with Gasteiger partial charge in [0.05, 0.1) is 0 Å². The molecule has 0 aliphatic heterocycles. The summed E-state index contributed by atoms with van der Waals surface area (Å²) in [5.74, 6) is -0.0228. The number of carbonyl (C=O) groups is 2. The normalized spacial score (nSPS) is 9.08. The van der Waals surface area contributed by atoms with Crippen molar-refractivity contribution in [3.8, 4) is 0 Å². The van der Waals surface area contributed by atoms with Crippen LogP contribution in [0.3, 0.4) is 0 Å². The molecule has 0 aliphatic carbocycles. The number of Topliss-reactive ketones (excluding diaryl/α,β-unsaturated/α-hetero) is 2. The van der Waals surface area contributed by atoms with Gasteiger partial charge in [-0.25, -0.2) is 22.3 Å². The van der Waals surface area contributed by atoms with Gasteiger partial charge in [0.15, 0.2) is 0 Å². The Morgan fingerprint density at radius 3 is 0.730 bits per heavy atom. The van der Waals surface area contributed by atoms with Crippen molar-refractivity contribution in [2.24, 2.45) is 0 Å². The molecular formula is C34H28O2Pd-8. The molecule has 4 aromatic carbocycles. The minimum absolute atomic E-state index is 0. The Labute approximate surface area is 235 Å². The zero-order valence-electron chi connectivity index (χ0n) is 20.3. The predicted octanol–water partition coefficient (Wildman–Crippen LogP) is 6.94. The Hall–Kier alpha value is -4.16. The quantitative estimate of drug-likeness (QED) is 0.136. The predicted molar refractivity (Wildman–Crippen MR) is 147 cm³/mol. The van der Waals surface area contributed by atoms with Gasteiger partial charge in [-0.3, -0.25) is 0 Å². The zero-order valence-corrected chi connectivity index (χ0v) is 21.9. The maximum atomic E-state index is 11.6. The van der Waals surface area contributed by atoms with E-state index >= 15 is 0 Å². The van der Waals surface area contributed by atoms with Gasteiger partial charge in [-0.05, 0) is 0 Å². The summed E-state index contributed by atoms with van der Waals surface area (Å²) in [5.41, 5.74) is 4.11. The van der Waals surface area contributed by atoms with Gasteiger partial charge in [0.1, 0.15) is 0 Å². The van der Waals surface area contributed by atoms with Gasteiger partial charge in [0, 0.05) is 20.4 Å². The van der Waals surface area contributed by atoms with Crippen molar-refractivity contribution in [1.82, 2.24) is 0 Å². The number of benzene rings is 4. The molecule has 0 heterocycles. The van der Waals surface area contributed by atoms with E-state index in [0.29, 0.717) is 0 Å². The number of ketones is 2. The summed E-state index contributed by atoms with van der Waals surface area (Å²) in [7, 11) is 0. The van der Waals surface area contributed by atoms with Crippen molar-refractivity contribution in [2.75, 3.05) is 0 Å². The maximum absolute atomic E-state index is 11.6. The third kappa shape index (κ3) is 12.4. The fourth-order valence-corrected chi connectivity index (χ4v) is 3.08. The first-order chi connectivity index (χ1) is 17.7. The summed E-state index contributed by atoms with van der Waals surface area (Å²) < 4.78 is 0. The molecule has 0 amide bonds. The van der Waals surface area contributed by atoms with Gasteiger partial charge in [-0.2, -0.15) is 60.1 Å². The minimum Gasteiger partial charge on any atom is -0.394 e. The van der Waals surface area contributed by atoms with Gasteiger partial charge >= 0.3 is 0 Å². The van der Waals surface area contributed by atoms with Crippen LogP contribution in [0.1, 0.15) is 22.3 Å². The first-order valence-corrected chi connectivity index (χ1v) is 11.7. The summed E-state index contributed by atoms with van der Waals surface area (Å²) in [6.07, 6.45) is 13.6. The molecule has 0 fully saturated rings. The smallest absolute Gasteiger partial charge is 0 e. The summed E-state index contributed by atoms with van der Waals surface area (Å²) in [5, 5.41) is 0. The molecular weight excluding hydrogens is 547 g/mol. The third-order valence-corrected chi connectivity index (χ3v) is 4.96. The summed E-state index contributed by atoms with van der Waals surface area (Å²) in [6.45, 7) is 0. The molecule has 4 aromatic rings. The molecule has 0 N–H and O–H groups in total. The van der Waals surface area contributed by atoms with Crippen LogP contribution in [0.2, 0.25) is 0 Å². The second kappa shape index (κ2) is 17.3. The number of hydrogen-bond acceptors (Lipinski definition) is 2. The Balaban J connectivity index is 0.000000253. The Kier molecular flexibility index (Phi) is 13.6. The molecule has 3 heteroatoms. The van der Waals surface area contributed by atoms with Crippen molar-refractivity contribution in [3.05, 3.63) is 195 Å². The fraction of sp³-hybridized carbons (Fsp3) is 0. The van der Waals surface area contributed by atoms with Gasteiger partial charge in [0.2, 0.25) is 0 Å². The molecule has 2 nitrogen and oxygen atoms in total. The first-order valence-electron chi connectivity index (χ1n) is 11.7. The van der Waals surface area contributed by atoms with Crippen molar-refractivity contribution in [3.63, 3.8) is 0 Å². The molecule has 0 unspecified atom stereocenters. The Morgan fingerprint density at radius 2 is 0.541 bits per heavy atom. The Bertz CT molecular complexity index is 958. The average molecular weight is 575 g/mol. The standard InChI is InChI=1S/2C17H14O.Pd/c2*18-17(13-11-15-7-3-1-4-8-15)14-12-16-9-5-2-6-10-16;/h2*1-14H;/q2*-4;. The van der Waals surface area contributed by atoms with E-state index in [1.807, 2.05) is 147 Å². The van der Waals surface area contributed by atoms with Crippen LogP contribution in [-0.4, -0.2) is 11.6 Å². The average Bonchev–Trinajstić information content (AvgIpc) is 2.95. The minimum atomic E-state index is -0.0114. The molecule has 0 saturated carbocycles. The molecule has 0 atom stereocenters. The maximum Gasteiger partial charge on any atom is 0 e. The van der Waals surface area contributed by atoms with Crippen molar-refractivity contribution >= 4 is 11.6 Å². The Morgan fingerprint density at radius 1 is 0.351 bits per heavy atom. The molecule has 194 valence electrons. The first kappa shape index (κ1) is 29.1. The van der Waals surface area contributed by atoms with Crippen LogP contribution in [0, 0.1) is 51.4 Å². The number of carbonyl (C=O) groups excluding carboxylic acids is 2. The van der Waals surface area contributed by atoms with Gasteiger partial charge in [-0.1, -0.05) is 24.3 Å². The molecule has 0 aromatic heterocycles. The van der Waals surface area contributed by atoms with E-state index in [-0.39, 0.29) is 32.0 Å². The molecule has 0 radical (unpaired) electrons. The van der Waals surface area contributed by atoms with E-state index < -0.39 is 0 Å². The topological polar surface area (TPSA) is 34.1 Å². The SMILES string of the molecule is O=C([CH-][CH-]c1ccccc1)[CH-][CH-]c1ccccc1.O=C([CH-][CH-]c1ccccc1)[CH-][CH-]c1ccccc1.[Pd]. The van der Waals surface area contributed by atoms with E-state index in [1.165, 1.54) is 0 Å². The van der Waals surface area contributed by atoms with Crippen LogP contribution in [-0.2, 0) is 30.0 Å². The van der Waals surface area contributed by atoms with Crippen LogP contribution in [0.5, 0.6) is 0 Å². The molecule has 0 aliphatic rings. The summed E-state index contributed by atoms with van der Waals surface area (Å²) >= 11 is 0. The van der Waals surface area contributed by atoms with Crippen molar-refractivity contribution in [1.29, 1.82) is 0 Å². The summed E-state index contributed by atoms with van der Waals surface area (Å²) in [6, 6.07) is 39.1. The monoisotopic (exact) mass is 574 g/mol. The van der Waals surface area contributed by atoms with Crippen LogP contribution in [0.25, 0.3) is 0 Å². The largest absolute Gasteiger partial charge is 0.394 e. The fourth-order valence-electron chi connectivity index (χ4n) is 3.08. The van der Waals surface area contributed by atoms with E-state index in [2.05, 4.69) is 0 Å². The molecule has 0 spiro atoms. The van der Waals surface area contributed by atoms with Crippen LogP contribution >= 0.6 is 0 Å². The molecule has 0 bridgehead atoms. The molecule has 4 rings (SSSR count). The summed E-state index contributed by atoms with van der Waals surface area (Å²) in [4.78, 5) is 23.2. The van der Waals surface area contributed by atoms with Crippen molar-refractivity contribution < 1.29 is 30.0 Å². The van der Waals surface area contributed by atoms with E-state index in [4.69, 9.17) is 0 Å². The van der Waals surface area contributed by atoms with Gasteiger partial charge in [0.25, 0.3) is 0 Å².